The summed E-state index contributed by atoms with van der Waals surface area (Å²) in [5.74, 6) is 0.104. The Morgan fingerprint density at radius 1 is 1.50 bits per heavy atom. The predicted octanol–water partition coefficient (Wildman–Crippen LogP) is 1.35. The molecule has 2 rings (SSSR count). The molecule has 6 nitrogen and oxygen atoms in total. The largest absolute Gasteiger partial charge is 0.320 e. The van der Waals surface area contributed by atoms with Gasteiger partial charge in [-0.25, -0.2) is 15.0 Å². The smallest absolute Gasteiger partial charge is 0.242 e. The van der Waals surface area contributed by atoms with E-state index >= 15 is 0 Å². The van der Waals surface area contributed by atoms with Crippen molar-refractivity contribution in [1.29, 1.82) is 0 Å². The molecular formula is C11H12ClN5O. The van der Waals surface area contributed by atoms with Gasteiger partial charge in [-0.3, -0.25) is 4.79 Å². The van der Waals surface area contributed by atoms with E-state index in [1.165, 1.54) is 6.20 Å². The quantitative estimate of drug-likeness (QED) is 0.874. The summed E-state index contributed by atoms with van der Waals surface area (Å²) in [4.78, 5) is 23.8. The molecule has 0 aromatic carbocycles. The molecule has 0 saturated heterocycles. The maximum Gasteiger partial charge on any atom is 0.242 e. The van der Waals surface area contributed by atoms with Crippen LogP contribution in [0, 0.1) is 0 Å². The summed E-state index contributed by atoms with van der Waals surface area (Å²) in [6.07, 6.45) is 2.00. The summed E-state index contributed by atoms with van der Waals surface area (Å²) in [6, 6.07) is 2.80. The van der Waals surface area contributed by atoms with E-state index in [-0.39, 0.29) is 11.1 Å². The molecule has 2 heterocycles. The fourth-order valence-corrected chi connectivity index (χ4v) is 1.48. The number of hydrogen-bond acceptors (Lipinski definition) is 5. The lowest BCUT2D eigenvalue weighted by atomic mass is 10.2. The molecule has 0 aliphatic carbocycles. The van der Waals surface area contributed by atoms with Gasteiger partial charge in [0.05, 0.1) is 12.2 Å². The van der Waals surface area contributed by atoms with E-state index in [0.29, 0.717) is 23.4 Å². The summed E-state index contributed by atoms with van der Waals surface area (Å²) >= 11 is 5.73. The maximum absolute atomic E-state index is 11.6. The average Bonchev–Trinajstić information content (AvgIpc) is 2.37. The lowest BCUT2D eigenvalue weighted by molar-refractivity contribution is -0.117. The second-order valence-electron chi connectivity index (χ2n) is 3.74. The van der Waals surface area contributed by atoms with Crippen molar-refractivity contribution in [1.82, 2.24) is 15.0 Å². The van der Waals surface area contributed by atoms with Gasteiger partial charge < -0.3 is 11.1 Å². The molecule has 1 amide bonds. The molecule has 0 aliphatic rings. The summed E-state index contributed by atoms with van der Waals surface area (Å²) in [6.45, 7) is 1.84. The van der Waals surface area contributed by atoms with E-state index in [2.05, 4.69) is 20.3 Å². The van der Waals surface area contributed by atoms with Crippen molar-refractivity contribution >= 4 is 34.5 Å². The molecule has 2 aromatic rings. The van der Waals surface area contributed by atoms with Crippen molar-refractivity contribution in [3.05, 3.63) is 23.5 Å². The van der Waals surface area contributed by atoms with Crippen LogP contribution in [0.1, 0.15) is 13.3 Å². The molecule has 94 valence electrons. The Kier molecular flexibility index (Phi) is 3.69. The Balaban J connectivity index is 2.27. The van der Waals surface area contributed by atoms with E-state index in [1.54, 1.807) is 12.1 Å². The second kappa shape index (κ2) is 5.24. The normalized spacial score (nSPS) is 12.4. The SMILES string of the molecule is CCC(N)C(=O)Nc1ccc2ncc(Cl)nc2n1. The summed E-state index contributed by atoms with van der Waals surface area (Å²) in [5, 5.41) is 2.87. The van der Waals surface area contributed by atoms with Crippen LogP contribution in [0.15, 0.2) is 18.3 Å². The van der Waals surface area contributed by atoms with Crippen LogP contribution < -0.4 is 11.1 Å². The summed E-state index contributed by atoms with van der Waals surface area (Å²) in [5.41, 5.74) is 6.60. The lowest BCUT2D eigenvalue weighted by Gasteiger charge is -2.09. The van der Waals surface area contributed by atoms with Crippen molar-refractivity contribution in [2.75, 3.05) is 5.32 Å². The van der Waals surface area contributed by atoms with Gasteiger partial charge in [-0.1, -0.05) is 18.5 Å². The Morgan fingerprint density at radius 3 is 3.00 bits per heavy atom. The molecule has 7 heteroatoms. The van der Waals surface area contributed by atoms with Crippen LogP contribution in [0.2, 0.25) is 5.15 Å². The van der Waals surface area contributed by atoms with E-state index in [4.69, 9.17) is 17.3 Å². The molecule has 0 radical (unpaired) electrons. The zero-order valence-electron chi connectivity index (χ0n) is 9.72. The summed E-state index contributed by atoms with van der Waals surface area (Å²) in [7, 11) is 0. The highest BCUT2D eigenvalue weighted by molar-refractivity contribution is 6.29. The van der Waals surface area contributed by atoms with E-state index in [9.17, 15) is 4.79 Å². The lowest BCUT2D eigenvalue weighted by Crippen LogP contribution is -2.35. The Morgan fingerprint density at radius 2 is 2.28 bits per heavy atom. The Labute approximate surface area is 109 Å². The molecule has 3 N–H and O–H groups in total. The maximum atomic E-state index is 11.6. The number of anilines is 1. The molecule has 0 saturated carbocycles. The van der Waals surface area contributed by atoms with Gasteiger partial charge in [-0.05, 0) is 18.6 Å². The van der Waals surface area contributed by atoms with Crippen LogP contribution in [0.25, 0.3) is 11.2 Å². The number of nitrogens with zero attached hydrogens (tertiary/aromatic N) is 3. The number of carbonyl (C=O) groups is 1. The zero-order chi connectivity index (χ0) is 13.1. The minimum atomic E-state index is -0.548. The van der Waals surface area contributed by atoms with E-state index < -0.39 is 6.04 Å². The van der Waals surface area contributed by atoms with Gasteiger partial charge in [0.1, 0.15) is 16.5 Å². The number of nitrogens with two attached hydrogens (primary N) is 1. The van der Waals surface area contributed by atoms with Gasteiger partial charge in [0, 0.05) is 0 Å². The van der Waals surface area contributed by atoms with Crippen LogP contribution >= 0.6 is 11.6 Å². The van der Waals surface area contributed by atoms with Crippen molar-refractivity contribution in [2.24, 2.45) is 5.73 Å². The number of pyridine rings is 1. The zero-order valence-corrected chi connectivity index (χ0v) is 10.5. The van der Waals surface area contributed by atoms with Crippen LogP contribution in [-0.4, -0.2) is 26.9 Å². The number of aromatic nitrogens is 3. The van der Waals surface area contributed by atoms with E-state index in [0.717, 1.165) is 0 Å². The molecule has 0 fully saturated rings. The molecule has 2 aromatic heterocycles. The molecule has 18 heavy (non-hydrogen) atoms. The molecule has 1 unspecified atom stereocenters. The van der Waals surface area contributed by atoms with Crippen molar-refractivity contribution in [2.45, 2.75) is 19.4 Å². The minimum Gasteiger partial charge on any atom is -0.320 e. The van der Waals surface area contributed by atoms with Crippen molar-refractivity contribution < 1.29 is 4.79 Å². The molecular weight excluding hydrogens is 254 g/mol. The number of amides is 1. The van der Waals surface area contributed by atoms with Crippen LogP contribution in [-0.2, 0) is 4.79 Å². The van der Waals surface area contributed by atoms with Gasteiger partial charge in [-0.15, -0.1) is 0 Å². The van der Waals surface area contributed by atoms with E-state index in [1.807, 2.05) is 6.92 Å². The van der Waals surface area contributed by atoms with Gasteiger partial charge in [0.2, 0.25) is 5.91 Å². The molecule has 0 aliphatic heterocycles. The first kappa shape index (κ1) is 12.7. The first-order valence-corrected chi connectivity index (χ1v) is 5.83. The molecule has 0 bridgehead atoms. The van der Waals surface area contributed by atoms with Gasteiger partial charge in [0.15, 0.2) is 5.65 Å². The number of nitrogens with one attached hydrogen (secondary N) is 1. The number of fused-ring (bicyclic) bond motifs is 1. The Bertz CT molecular complexity index is 589. The fraction of sp³-hybridized carbons (Fsp3) is 0.273. The van der Waals surface area contributed by atoms with Crippen molar-refractivity contribution in [3.8, 4) is 0 Å². The first-order chi connectivity index (χ1) is 8.60. The number of carbonyl (C=O) groups excluding carboxylic acids is 1. The standard InChI is InChI=1S/C11H12ClN5O/c1-2-6(13)11(18)17-9-4-3-7-10(16-9)15-8(12)5-14-7/h3-6H,2,13H2,1H3,(H,15,16,17,18). The monoisotopic (exact) mass is 265 g/mol. The minimum absolute atomic E-state index is 0.253. The highest BCUT2D eigenvalue weighted by atomic mass is 35.5. The van der Waals surface area contributed by atoms with Gasteiger partial charge >= 0.3 is 0 Å². The third-order valence-electron chi connectivity index (χ3n) is 2.41. The number of hydrogen-bond donors (Lipinski definition) is 2. The van der Waals surface area contributed by atoms with Crippen LogP contribution in [0.4, 0.5) is 5.82 Å². The van der Waals surface area contributed by atoms with Crippen LogP contribution in [0.5, 0.6) is 0 Å². The third kappa shape index (κ3) is 2.72. The fourth-order valence-electron chi connectivity index (χ4n) is 1.35. The third-order valence-corrected chi connectivity index (χ3v) is 2.59. The highest BCUT2D eigenvalue weighted by Gasteiger charge is 2.12. The van der Waals surface area contributed by atoms with Gasteiger partial charge in [-0.2, -0.15) is 0 Å². The predicted molar refractivity (Wildman–Crippen MR) is 69.2 cm³/mol. The second-order valence-corrected chi connectivity index (χ2v) is 4.12. The highest BCUT2D eigenvalue weighted by Crippen LogP contribution is 2.13. The topological polar surface area (TPSA) is 93.8 Å². The molecule has 1 atom stereocenters. The van der Waals surface area contributed by atoms with Crippen LogP contribution in [0.3, 0.4) is 0 Å². The Hall–Kier alpha value is -1.79. The number of rotatable bonds is 3. The first-order valence-electron chi connectivity index (χ1n) is 5.46. The summed E-state index contributed by atoms with van der Waals surface area (Å²) < 4.78 is 0. The van der Waals surface area contributed by atoms with Gasteiger partial charge in [0.25, 0.3) is 0 Å². The average molecular weight is 266 g/mol. The molecule has 0 spiro atoms. The van der Waals surface area contributed by atoms with Crippen molar-refractivity contribution in [3.63, 3.8) is 0 Å². The number of halogens is 1.